The topological polar surface area (TPSA) is 52.0 Å². The van der Waals surface area contributed by atoms with E-state index in [9.17, 15) is 0 Å². The van der Waals surface area contributed by atoms with E-state index in [1.165, 1.54) is 38.5 Å². The first kappa shape index (κ1) is 10.0. The van der Waals surface area contributed by atoms with Crippen LogP contribution in [-0.4, -0.2) is 13.1 Å². The van der Waals surface area contributed by atoms with Crippen LogP contribution in [0.5, 0.6) is 0 Å². The quantitative estimate of drug-likeness (QED) is 0.671. The molecule has 0 aromatic heterocycles. The van der Waals surface area contributed by atoms with E-state index >= 15 is 0 Å². The maximum atomic E-state index is 5.55. The van der Waals surface area contributed by atoms with Gasteiger partial charge >= 0.3 is 0 Å². The zero-order valence-electron chi connectivity index (χ0n) is 7.97. The van der Waals surface area contributed by atoms with Crippen LogP contribution in [0.3, 0.4) is 0 Å². The largest absolute Gasteiger partial charge is 0.330 e. The molecule has 0 aromatic rings. The lowest BCUT2D eigenvalue weighted by Gasteiger charge is -2.28. The lowest BCUT2D eigenvalue weighted by molar-refractivity contribution is 0.249. The average molecular weight is 170 g/mol. The van der Waals surface area contributed by atoms with Crippen LogP contribution in [0.2, 0.25) is 0 Å². The molecule has 0 spiro atoms. The van der Waals surface area contributed by atoms with Crippen LogP contribution in [0.25, 0.3) is 0 Å². The fraction of sp³-hybridized carbons (Fsp3) is 1.00. The maximum Gasteiger partial charge on any atom is -0.00746 e. The minimum atomic E-state index is 0.861. The third-order valence-electron chi connectivity index (χ3n) is 3.04. The van der Waals surface area contributed by atoms with Crippen LogP contribution in [0.4, 0.5) is 0 Å². The molecule has 1 saturated carbocycles. The molecule has 2 unspecified atom stereocenters. The highest BCUT2D eigenvalue weighted by Crippen LogP contribution is 2.32. The average Bonchev–Trinajstić information content (AvgIpc) is 2.06. The summed E-state index contributed by atoms with van der Waals surface area (Å²) in [6.45, 7) is 1.72. The minimum Gasteiger partial charge on any atom is -0.330 e. The van der Waals surface area contributed by atoms with Gasteiger partial charge in [0.1, 0.15) is 0 Å². The third-order valence-corrected chi connectivity index (χ3v) is 3.04. The smallest absolute Gasteiger partial charge is 0.00746 e. The Balaban J connectivity index is 2.20. The molecule has 72 valence electrons. The highest BCUT2D eigenvalue weighted by Gasteiger charge is 2.20. The molecule has 2 heteroatoms. The van der Waals surface area contributed by atoms with E-state index in [1.807, 2.05) is 0 Å². The van der Waals surface area contributed by atoms with E-state index in [2.05, 4.69) is 0 Å². The van der Waals surface area contributed by atoms with Crippen LogP contribution in [0.15, 0.2) is 0 Å². The highest BCUT2D eigenvalue weighted by atomic mass is 14.5. The van der Waals surface area contributed by atoms with Gasteiger partial charge in [-0.25, -0.2) is 0 Å². The van der Waals surface area contributed by atoms with Crippen molar-refractivity contribution in [1.82, 2.24) is 0 Å². The predicted molar refractivity (Wildman–Crippen MR) is 52.8 cm³/mol. The Kier molecular flexibility index (Phi) is 4.62. The zero-order chi connectivity index (χ0) is 8.81. The normalized spacial score (nSPS) is 30.5. The standard InChI is InChI=1S/C10H22N2/c11-6-4-9-2-1-3-10(8-9)5-7-12/h9-10H,1-8,11-12H2. The van der Waals surface area contributed by atoms with Gasteiger partial charge in [-0.15, -0.1) is 0 Å². The van der Waals surface area contributed by atoms with Crippen molar-refractivity contribution in [1.29, 1.82) is 0 Å². The van der Waals surface area contributed by atoms with Gasteiger partial charge in [-0.3, -0.25) is 0 Å². The van der Waals surface area contributed by atoms with E-state index in [4.69, 9.17) is 11.5 Å². The predicted octanol–water partition coefficient (Wildman–Crippen LogP) is 1.49. The van der Waals surface area contributed by atoms with Gasteiger partial charge in [-0.1, -0.05) is 19.3 Å². The second-order valence-corrected chi connectivity index (χ2v) is 4.05. The van der Waals surface area contributed by atoms with E-state index in [1.54, 1.807) is 0 Å². The van der Waals surface area contributed by atoms with Crippen molar-refractivity contribution >= 4 is 0 Å². The van der Waals surface area contributed by atoms with Crippen molar-refractivity contribution in [3.05, 3.63) is 0 Å². The first-order chi connectivity index (χ1) is 5.86. The molecule has 0 bridgehead atoms. The summed E-state index contributed by atoms with van der Waals surface area (Å²) in [6.07, 6.45) is 8.03. The molecule has 0 saturated heterocycles. The van der Waals surface area contributed by atoms with Gasteiger partial charge < -0.3 is 11.5 Å². The van der Waals surface area contributed by atoms with Gasteiger partial charge in [0, 0.05) is 0 Å². The zero-order valence-corrected chi connectivity index (χ0v) is 7.97. The molecular weight excluding hydrogens is 148 g/mol. The van der Waals surface area contributed by atoms with Crippen LogP contribution in [0.1, 0.15) is 38.5 Å². The summed E-state index contributed by atoms with van der Waals surface area (Å²) in [4.78, 5) is 0. The summed E-state index contributed by atoms with van der Waals surface area (Å²) in [7, 11) is 0. The fourth-order valence-corrected chi connectivity index (χ4v) is 2.40. The number of hydrogen-bond acceptors (Lipinski definition) is 2. The lowest BCUT2D eigenvalue weighted by atomic mass is 9.78. The Morgan fingerprint density at radius 2 is 1.42 bits per heavy atom. The molecule has 2 atom stereocenters. The van der Waals surface area contributed by atoms with Crippen molar-refractivity contribution in [3.8, 4) is 0 Å². The van der Waals surface area contributed by atoms with Gasteiger partial charge in [-0.05, 0) is 44.2 Å². The molecule has 2 nitrogen and oxygen atoms in total. The second kappa shape index (κ2) is 5.55. The Morgan fingerprint density at radius 1 is 0.917 bits per heavy atom. The second-order valence-electron chi connectivity index (χ2n) is 4.05. The van der Waals surface area contributed by atoms with Gasteiger partial charge in [0.05, 0.1) is 0 Å². The molecule has 0 heterocycles. The van der Waals surface area contributed by atoms with Crippen LogP contribution < -0.4 is 11.5 Å². The summed E-state index contributed by atoms with van der Waals surface area (Å²) >= 11 is 0. The van der Waals surface area contributed by atoms with Crippen molar-refractivity contribution in [2.24, 2.45) is 23.3 Å². The van der Waals surface area contributed by atoms with Crippen LogP contribution >= 0.6 is 0 Å². The summed E-state index contributed by atoms with van der Waals surface area (Å²) in [5.74, 6) is 1.81. The highest BCUT2D eigenvalue weighted by molar-refractivity contribution is 4.73. The monoisotopic (exact) mass is 170 g/mol. The van der Waals surface area contributed by atoms with E-state index in [-0.39, 0.29) is 0 Å². The van der Waals surface area contributed by atoms with Crippen molar-refractivity contribution in [2.45, 2.75) is 38.5 Å². The SMILES string of the molecule is NCCC1CCCC(CCN)C1. The first-order valence-electron chi connectivity index (χ1n) is 5.27. The number of rotatable bonds is 4. The van der Waals surface area contributed by atoms with Crippen LogP contribution in [0, 0.1) is 11.8 Å². The first-order valence-corrected chi connectivity index (χ1v) is 5.27. The van der Waals surface area contributed by atoms with Crippen LogP contribution in [-0.2, 0) is 0 Å². The molecule has 0 amide bonds. The summed E-state index contributed by atoms with van der Waals surface area (Å²) in [6, 6.07) is 0. The Hall–Kier alpha value is -0.0800. The molecule has 0 radical (unpaired) electrons. The molecule has 1 rings (SSSR count). The van der Waals surface area contributed by atoms with Gasteiger partial charge in [0.15, 0.2) is 0 Å². The Bertz CT molecular complexity index is 98.4. The molecule has 0 aliphatic heterocycles. The molecule has 1 aliphatic carbocycles. The number of hydrogen-bond donors (Lipinski definition) is 2. The third kappa shape index (κ3) is 3.11. The van der Waals surface area contributed by atoms with Gasteiger partial charge in [-0.2, -0.15) is 0 Å². The van der Waals surface area contributed by atoms with E-state index in [0.717, 1.165) is 24.9 Å². The molecule has 4 N–H and O–H groups in total. The van der Waals surface area contributed by atoms with Crippen molar-refractivity contribution in [2.75, 3.05) is 13.1 Å². The summed E-state index contributed by atoms with van der Waals surface area (Å²) < 4.78 is 0. The molecule has 1 fully saturated rings. The van der Waals surface area contributed by atoms with E-state index in [0.29, 0.717) is 0 Å². The minimum absolute atomic E-state index is 0.861. The van der Waals surface area contributed by atoms with E-state index < -0.39 is 0 Å². The summed E-state index contributed by atoms with van der Waals surface area (Å²) in [5, 5.41) is 0. The van der Waals surface area contributed by atoms with Gasteiger partial charge in [0.2, 0.25) is 0 Å². The maximum absolute atomic E-state index is 5.55. The fourth-order valence-electron chi connectivity index (χ4n) is 2.40. The summed E-state index contributed by atoms with van der Waals surface area (Å²) in [5.41, 5.74) is 11.1. The Labute approximate surface area is 75.7 Å². The Morgan fingerprint density at radius 3 is 1.83 bits per heavy atom. The van der Waals surface area contributed by atoms with Crippen molar-refractivity contribution < 1.29 is 0 Å². The van der Waals surface area contributed by atoms with Gasteiger partial charge in [0.25, 0.3) is 0 Å². The number of nitrogens with two attached hydrogens (primary N) is 2. The molecule has 0 aromatic carbocycles. The molecular formula is C10H22N2. The lowest BCUT2D eigenvalue weighted by Crippen LogP contribution is -2.20. The molecule has 12 heavy (non-hydrogen) atoms. The molecule has 1 aliphatic rings. The van der Waals surface area contributed by atoms with Crippen molar-refractivity contribution in [3.63, 3.8) is 0 Å².